The second-order valence-electron chi connectivity index (χ2n) is 12.0. The first kappa shape index (κ1) is 31.0. The van der Waals surface area contributed by atoms with E-state index in [0.717, 1.165) is 42.5 Å². The third-order valence-corrected chi connectivity index (χ3v) is 9.26. The van der Waals surface area contributed by atoms with Gasteiger partial charge in [0.15, 0.2) is 5.78 Å². The van der Waals surface area contributed by atoms with Crippen molar-refractivity contribution < 1.29 is 19.5 Å². The molecular weight excluding hydrogens is 558 g/mol. The summed E-state index contributed by atoms with van der Waals surface area (Å²) in [6, 6.07) is 16.9. The van der Waals surface area contributed by atoms with Gasteiger partial charge in [-0.3, -0.25) is 14.4 Å². The van der Waals surface area contributed by atoms with Crippen LogP contribution in [0.1, 0.15) is 107 Å². The number of aliphatic hydroxyl groups excluding tert-OH is 1. The standard InChI is InChI=1S/C37H42ClNO4/c1-2-3-4-5-6-7-8-9-13-17-28-35(41)34-33(37(43)36(28)42)31(26-20-22-27(38)23-21-26)32-29(18-14-19-30(32)40)39(34)24-25-15-11-10-12-16-25/h10-12,15-16,20-23,31,41H,2-9,13-14,17-19,24H2,1H3. The molecule has 43 heavy (non-hydrogen) atoms. The molecule has 0 saturated heterocycles. The van der Waals surface area contributed by atoms with Gasteiger partial charge in [0.2, 0.25) is 11.6 Å². The van der Waals surface area contributed by atoms with Gasteiger partial charge in [0.25, 0.3) is 0 Å². The lowest BCUT2D eigenvalue weighted by Gasteiger charge is -2.43. The number of carbonyl (C=O) groups excluding carboxylic acids is 3. The molecule has 0 bridgehead atoms. The normalized spacial score (nSPS) is 18.9. The van der Waals surface area contributed by atoms with Gasteiger partial charge in [-0.25, -0.2) is 0 Å². The summed E-state index contributed by atoms with van der Waals surface area (Å²) in [5, 5.41) is 12.4. The molecule has 1 atom stereocenters. The molecule has 0 saturated carbocycles. The molecule has 0 amide bonds. The fourth-order valence-electron chi connectivity index (χ4n) is 6.79. The quantitative estimate of drug-likeness (QED) is 0.141. The zero-order valence-electron chi connectivity index (χ0n) is 25.2. The fourth-order valence-corrected chi connectivity index (χ4v) is 6.92. The summed E-state index contributed by atoms with van der Waals surface area (Å²) in [5.74, 6) is -2.13. The Morgan fingerprint density at radius 2 is 1.44 bits per heavy atom. The van der Waals surface area contributed by atoms with E-state index in [1.165, 1.54) is 32.1 Å². The number of halogens is 1. The Hall–Kier alpha value is -3.44. The van der Waals surface area contributed by atoms with Crippen molar-refractivity contribution in [3.63, 3.8) is 0 Å². The van der Waals surface area contributed by atoms with E-state index in [9.17, 15) is 19.5 Å². The lowest BCUT2D eigenvalue weighted by Crippen LogP contribution is -2.42. The molecule has 1 unspecified atom stereocenters. The molecule has 2 aliphatic carbocycles. The molecule has 0 spiro atoms. The van der Waals surface area contributed by atoms with Gasteiger partial charge < -0.3 is 10.0 Å². The first-order valence-corrected chi connectivity index (χ1v) is 16.4. The lowest BCUT2D eigenvalue weighted by molar-refractivity contribution is -0.133. The van der Waals surface area contributed by atoms with Gasteiger partial charge in [-0.2, -0.15) is 0 Å². The highest BCUT2D eigenvalue weighted by Gasteiger charge is 2.48. The van der Waals surface area contributed by atoms with Crippen LogP contribution in [0.4, 0.5) is 0 Å². The maximum atomic E-state index is 14.1. The average Bonchev–Trinajstić information content (AvgIpc) is 3.01. The van der Waals surface area contributed by atoms with E-state index >= 15 is 0 Å². The van der Waals surface area contributed by atoms with E-state index in [0.29, 0.717) is 48.5 Å². The van der Waals surface area contributed by atoms with Crippen molar-refractivity contribution in [2.45, 2.75) is 103 Å². The Morgan fingerprint density at radius 3 is 2.12 bits per heavy atom. The molecule has 5 nitrogen and oxygen atoms in total. The Labute approximate surface area is 260 Å². The Balaban J connectivity index is 1.51. The highest BCUT2D eigenvalue weighted by Crippen LogP contribution is 2.50. The maximum Gasteiger partial charge on any atom is 0.233 e. The molecule has 1 heterocycles. The molecule has 0 radical (unpaired) electrons. The summed E-state index contributed by atoms with van der Waals surface area (Å²) in [4.78, 5) is 43.2. The molecule has 1 aliphatic heterocycles. The molecule has 6 heteroatoms. The zero-order valence-corrected chi connectivity index (χ0v) is 25.9. The highest BCUT2D eigenvalue weighted by molar-refractivity contribution is 6.50. The third-order valence-electron chi connectivity index (χ3n) is 9.01. The number of benzene rings is 2. The lowest BCUT2D eigenvalue weighted by atomic mass is 9.70. The largest absolute Gasteiger partial charge is 0.505 e. The minimum Gasteiger partial charge on any atom is -0.505 e. The molecule has 5 rings (SSSR count). The molecular formula is C37H42ClNO4. The van der Waals surface area contributed by atoms with Crippen molar-refractivity contribution in [1.82, 2.24) is 4.90 Å². The van der Waals surface area contributed by atoms with Crippen LogP contribution < -0.4 is 0 Å². The summed E-state index contributed by atoms with van der Waals surface area (Å²) < 4.78 is 0. The van der Waals surface area contributed by atoms with Crippen molar-refractivity contribution in [3.8, 4) is 0 Å². The van der Waals surface area contributed by atoms with Gasteiger partial charge in [0.05, 0.1) is 5.70 Å². The van der Waals surface area contributed by atoms with Gasteiger partial charge in [-0.05, 0) is 48.9 Å². The van der Waals surface area contributed by atoms with Crippen LogP contribution in [0.5, 0.6) is 0 Å². The zero-order chi connectivity index (χ0) is 30.3. The van der Waals surface area contributed by atoms with Crippen LogP contribution in [0, 0.1) is 0 Å². The van der Waals surface area contributed by atoms with E-state index in [-0.39, 0.29) is 22.7 Å². The highest BCUT2D eigenvalue weighted by atomic mass is 35.5. The van der Waals surface area contributed by atoms with Crippen LogP contribution in [0.2, 0.25) is 5.02 Å². The van der Waals surface area contributed by atoms with Crippen LogP contribution in [0.15, 0.2) is 88.5 Å². The summed E-state index contributed by atoms with van der Waals surface area (Å²) >= 11 is 6.20. The number of unbranched alkanes of at least 4 members (excludes halogenated alkanes) is 8. The van der Waals surface area contributed by atoms with Crippen molar-refractivity contribution in [2.24, 2.45) is 0 Å². The first-order valence-electron chi connectivity index (χ1n) is 16.0. The summed E-state index contributed by atoms with van der Waals surface area (Å²) in [7, 11) is 0. The van der Waals surface area contributed by atoms with E-state index < -0.39 is 17.5 Å². The molecule has 226 valence electrons. The maximum absolute atomic E-state index is 14.1. The SMILES string of the molecule is CCCCCCCCCCCC1=C(O)C2=C(C(=O)C1=O)C(c1ccc(Cl)cc1)C1=C(CCCC1=O)N2Cc1ccccc1. The number of Topliss-reactive ketones (excluding diaryl/α,β-unsaturated/α-hetero) is 3. The van der Waals surface area contributed by atoms with Crippen LogP contribution in [0.25, 0.3) is 0 Å². The average molecular weight is 600 g/mol. The van der Waals surface area contributed by atoms with E-state index in [1.54, 1.807) is 12.1 Å². The number of aliphatic hydroxyl groups is 1. The topological polar surface area (TPSA) is 74.7 Å². The minimum atomic E-state index is -0.727. The van der Waals surface area contributed by atoms with Gasteiger partial charge in [-0.1, -0.05) is 112 Å². The predicted octanol–water partition coefficient (Wildman–Crippen LogP) is 9.09. The van der Waals surface area contributed by atoms with Crippen molar-refractivity contribution >= 4 is 29.0 Å². The predicted molar refractivity (Wildman–Crippen MR) is 171 cm³/mol. The fraction of sp³-hybridized carbons (Fsp3) is 0.432. The first-order chi connectivity index (χ1) is 20.9. The molecule has 3 aliphatic rings. The second-order valence-corrected chi connectivity index (χ2v) is 12.5. The van der Waals surface area contributed by atoms with Gasteiger partial charge >= 0.3 is 0 Å². The summed E-state index contributed by atoms with van der Waals surface area (Å²) in [6.45, 7) is 2.60. The van der Waals surface area contributed by atoms with E-state index in [4.69, 9.17) is 11.6 Å². The van der Waals surface area contributed by atoms with Crippen molar-refractivity contribution in [3.05, 3.63) is 105 Å². The Kier molecular flexibility index (Phi) is 10.3. The molecule has 2 aromatic carbocycles. The molecule has 0 fully saturated rings. The number of hydrogen-bond donors (Lipinski definition) is 1. The van der Waals surface area contributed by atoms with Crippen molar-refractivity contribution in [2.75, 3.05) is 0 Å². The minimum absolute atomic E-state index is 0.0185. The number of hydrogen-bond acceptors (Lipinski definition) is 5. The van der Waals surface area contributed by atoms with E-state index in [1.807, 2.05) is 47.4 Å². The number of allylic oxidation sites excluding steroid dienone is 4. The smallest absolute Gasteiger partial charge is 0.233 e. The number of carbonyl (C=O) groups is 3. The molecule has 2 aromatic rings. The molecule has 0 aromatic heterocycles. The summed E-state index contributed by atoms with van der Waals surface area (Å²) in [5.41, 5.74) is 3.87. The van der Waals surface area contributed by atoms with Crippen LogP contribution >= 0.6 is 11.6 Å². The van der Waals surface area contributed by atoms with Crippen LogP contribution in [-0.2, 0) is 20.9 Å². The number of nitrogens with zero attached hydrogens (tertiary/aromatic N) is 1. The third kappa shape index (κ3) is 6.72. The van der Waals surface area contributed by atoms with Gasteiger partial charge in [0.1, 0.15) is 5.76 Å². The Bertz CT molecular complexity index is 1450. The van der Waals surface area contributed by atoms with Gasteiger partial charge in [-0.15, -0.1) is 0 Å². The van der Waals surface area contributed by atoms with Gasteiger partial charge in [0, 0.05) is 46.3 Å². The number of rotatable bonds is 13. The second kappa shape index (κ2) is 14.4. The van der Waals surface area contributed by atoms with Crippen LogP contribution in [-0.4, -0.2) is 27.4 Å². The Morgan fingerprint density at radius 1 is 0.791 bits per heavy atom. The monoisotopic (exact) mass is 599 g/mol. The van der Waals surface area contributed by atoms with Crippen molar-refractivity contribution in [1.29, 1.82) is 0 Å². The van der Waals surface area contributed by atoms with E-state index in [2.05, 4.69) is 6.92 Å². The molecule has 1 N–H and O–H groups in total. The van der Waals surface area contributed by atoms with Crippen LogP contribution in [0.3, 0.4) is 0 Å². The summed E-state index contributed by atoms with van der Waals surface area (Å²) in [6.07, 6.45) is 12.3. The number of ketones is 3.